The maximum Gasteiger partial charge on any atom is 0.251 e. The SMILES string of the molecule is COCC(Br)CCNC(=O)c1cccc(C#N)c1. The van der Waals surface area contributed by atoms with Gasteiger partial charge in [0.2, 0.25) is 0 Å². The number of carbonyl (C=O) groups excluding carboxylic acids is 1. The van der Waals surface area contributed by atoms with Crippen LogP contribution in [0.5, 0.6) is 0 Å². The number of carbonyl (C=O) groups is 1. The van der Waals surface area contributed by atoms with Crippen LogP contribution in [-0.4, -0.2) is 31.0 Å². The van der Waals surface area contributed by atoms with Crippen molar-refractivity contribution < 1.29 is 9.53 Å². The minimum Gasteiger partial charge on any atom is -0.384 e. The van der Waals surface area contributed by atoms with Crippen LogP contribution in [0.3, 0.4) is 0 Å². The summed E-state index contributed by atoms with van der Waals surface area (Å²) in [5.41, 5.74) is 0.993. The Morgan fingerprint density at radius 2 is 2.39 bits per heavy atom. The average molecular weight is 311 g/mol. The Kier molecular flexibility index (Phi) is 6.40. The number of halogens is 1. The topological polar surface area (TPSA) is 62.1 Å². The van der Waals surface area contributed by atoms with Gasteiger partial charge in [-0.25, -0.2) is 0 Å². The van der Waals surface area contributed by atoms with E-state index in [1.165, 1.54) is 0 Å². The van der Waals surface area contributed by atoms with E-state index in [1.807, 2.05) is 6.07 Å². The molecule has 1 aromatic rings. The largest absolute Gasteiger partial charge is 0.384 e. The molecule has 1 N–H and O–H groups in total. The third-order valence-electron chi connectivity index (χ3n) is 2.34. The first-order chi connectivity index (χ1) is 8.67. The molecule has 0 spiro atoms. The zero-order valence-corrected chi connectivity index (χ0v) is 11.7. The first-order valence-electron chi connectivity index (χ1n) is 5.58. The highest BCUT2D eigenvalue weighted by Gasteiger charge is 2.07. The molecule has 1 rings (SSSR count). The average Bonchev–Trinajstić information content (AvgIpc) is 2.39. The van der Waals surface area contributed by atoms with E-state index in [1.54, 1.807) is 31.4 Å². The molecule has 0 aliphatic heterocycles. The molecular formula is C13H15BrN2O2. The third kappa shape index (κ3) is 4.86. The molecular weight excluding hydrogens is 296 g/mol. The maximum atomic E-state index is 11.8. The van der Waals surface area contributed by atoms with E-state index in [9.17, 15) is 4.79 Å². The molecule has 0 fully saturated rings. The summed E-state index contributed by atoms with van der Waals surface area (Å²) < 4.78 is 4.98. The number of benzene rings is 1. The molecule has 0 bridgehead atoms. The third-order valence-corrected chi connectivity index (χ3v) is 3.07. The molecule has 18 heavy (non-hydrogen) atoms. The van der Waals surface area contributed by atoms with Crippen molar-refractivity contribution in [2.24, 2.45) is 0 Å². The number of rotatable bonds is 6. The van der Waals surface area contributed by atoms with E-state index in [4.69, 9.17) is 10.00 Å². The van der Waals surface area contributed by atoms with Gasteiger partial charge in [0.1, 0.15) is 0 Å². The summed E-state index contributed by atoms with van der Waals surface area (Å²) >= 11 is 3.45. The molecule has 4 nitrogen and oxygen atoms in total. The van der Waals surface area contributed by atoms with Gasteiger partial charge in [0.25, 0.3) is 5.91 Å². The Bertz CT molecular complexity index is 443. The lowest BCUT2D eigenvalue weighted by Gasteiger charge is -2.09. The lowest BCUT2D eigenvalue weighted by Crippen LogP contribution is -2.26. The zero-order chi connectivity index (χ0) is 13.4. The number of alkyl halides is 1. The molecule has 0 radical (unpaired) electrons. The number of nitriles is 1. The number of nitrogens with zero attached hydrogens (tertiary/aromatic N) is 1. The summed E-state index contributed by atoms with van der Waals surface area (Å²) in [6, 6.07) is 8.65. The summed E-state index contributed by atoms with van der Waals surface area (Å²) in [7, 11) is 1.64. The van der Waals surface area contributed by atoms with Crippen LogP contribution in [0.15, 0.2) is 24.3 Å². The first-order valence-corrected chi connectivity index (χ1v) is 6.50. The van der Waals surface area contributed by atoms with Gasteiger partial charge < -0.3 is 10.1 Å². The van der Waals surface area contributed by atoms with Gasteiger partial charge in [0, 0.05) is 24.0 Å². The Morgan fingerprint density at radius 3 is 3.06 bits per heavy atom. The van der Waals surface area contributed by atoms with Crippen LogP contribution in [0.1, 0.15) is 22.3 Å². The molecule has 1 amide bonds. The molecule has 0 aliphatic rings. The van der Waals surface area contributed by atoms with E-state index >= 15 is 0 Å². The lowest BCUT2D eigenvalue weighted by atomic mass is 10.1. The Hall–Kier alpha value is -1.38. The van der Waals surface area contributed by atoms with E-state index in [0.717, 1.165) is 6.42 Å². The van der Waals surface area contributed by atoms with Crippen LogP contribution in [0, 0.1) is 11.3 Å². The van der Waals surface area contributed by atoms with E-state index < -0.39 is 0 Å². The smallest absolute Gasteiger partial charge is 0.251 e. The van der Waals surface area contributed by atoms with Gasteiger partial charge in [-0.2, -0.15) is 5.26 Å². The fourth-order valence-corrected chi connectivity index (χ4v) is 1.93. The Balaban J connectivity index is 2.43. The molecule has 0 aliphatic carbocycles. The molecule has 96 valence electrons. The minimum atomic E-state index is -0.163. The Morgan fingerprint density at radius 1 is 1.61 bits per heavy atom. The second-order valence-electron chi connectivity index (χ2n) is 3.79. The van der Waals surface area contributed by atoms with Gasteiger partial charge >= 0.3 is 0 Å². The van der Waals surface area contributed by atoms with Gasteiger partial charge in [-0.3, -0.25) is 4.79 Å². The van der Waals surface area contributed by atoms with Crippen molar-refractivity contribution >= 4 is 21.8 Å². The summed E-state index contributed by atoms with van der Waals surface area (Å²) in [4.78, 5) is 12.0. The first kappa shape index (κ1) is 14.7. The van der Waals surface area contributed by atoms with Crippen molar-refractivity contribution in [3.8, 4) is 6.07 Å². The van der Waals surface area contributed by atoms with Crippen LogP contribution >= 0.6 is 15.9 Å². The van der Waals surface area contributed by atoms with Crippen LogP contribution in [-0.2, 0) is 4.74 Å². The van der Waals surface area contributed by atoms with Gasteiger partial charge in [0.15, 0.2) is 0 Å². The zero-order valence-electron chi connectivity index (χ0n) is 10.1. The van der Waals surface area contributed by atoms with Crippen LogP contribution in [0.4, 0.5) is 0 Å². The van der Waals surface area contributed by atoms with Crippen molar-refractivity contribution in [3.05, 3.63) is 35.4 Å². The standard InChI is InChI=1S/C13H15BrN2O2/c1-18-9-12(14)5-6-16-13(17)11-4-2-3-10(7-11)8-15/h2-4,7,12H,5-6,9H2,1H3,(H,16,17). The van der Waals surface area contributed by atoms with Crippen molar-refractivity contribution in [2.75, 3.05) is 20.3 Å². The van der Waals surface area contributed by atoms with Crippen LogP contribution < -0.4 is 5.32 Å². The molecule has 0 aromatic heterocycles. The fraction of sp³-hybridized carbons (Fsp3) is 0.385. The van der Waals surface area contributed by atoms with Crippen LogP contribution in [0.25, 0.3) is 0 Å². The van der Waals surface area contributed by atoms with Crippen molar-refractivity contribution in [2.45, 2.75) is 11.2 Å². The predicted molar refractivity (Wildman–Crippen MR) is 72.7 cm³/mol. The van der Waals surface area contributed by atoms with Gasteiger partial charge in [-0.1, -0.05) is 22.0 Å². The minimum absolute atomic E-state index is 0.163. The number of hydrogen-bond donors (Lipinski definition) is 1. The highest BCUT2D eigenvalue weighted by Crippen LogP contribution is 2.06. The van der Waals surface area contributed by atoms with Crippen molar-refractivity contribution in [3.63, 3.8) is 0 Å². The Labute approximate surface area is 115 Å². The molecule has 5 heteroatoms. The van der Waals surface area contributed by atoms with Gasteiger partial charge in [-0.15, -0.1) is 0 Å². The molecule has 0 saturated carbocycles. The second kappa shape index (κ2) is 7.85. The maximum absolute atomic E-state index is 11.8. The summed E-state index contributed by atoms with van der Waals surface area (Å²) in [6.07, 6.45) is 0.789. The van der Waals surface area contributed by atoms with Crippen LogP contribution in [0.2, 0.25) is 0 Å². The monoisotopic (exact) mass is 310 g/mol. The number of hydrogen-bond acceptors (Lipinski definition) is 3. The molecule has 1 unspecified atom stereocenters. The second-order valence-corrected chi connectivity index (χ2v) is 5.08. The van der Waals surface area contributed by atoms with E-state index in [0.29, 0.717) is 24.3 Å². The predicted octanol–water partition coefficient (Wildman–Crippen LogP) is 2.09. The van der Waals surface area contributed by atoms with E-state index in [2.05, 4.69) is 21.2 Å². The summed E-state index contributed by atoms with van der Waals surface area (Å²) in [5, 5.41) is 11.6. The summed E-state index contributed by atoms with van der Waals surface area (Å²) in [6.45, 7) is 1.18. The van der Waals surface area contributed by atoms with Crippen molar-refractivity contribution in [1.82, 2.24) is 5.32 Å². The molecule has 1 atom stereocenters. The molecule has 1 aromatic carbocycles. The molecule has 0 saturated heterocycles. The van der Waals surface area contributed by atoms with Gasteiger partial charge in [-0.05, 0) is 24.6 Å². The van der Waals surface area contributed by atoms with Crippen molar-refractivity contribution in [1.29, 1.82) is 5.26 Å². The van der Waals surface area contributed by atoms with Gasteiger partial charge in [0.05, 0.1) is 18.2 Å². The normalized spacial score (nSPS) is 11.6. The quantitative estimate of drug-likeness (QED) is 0.818. The fourth-order valence-electron chi connectivity index (χ4n) is 1.44. The number of nitrogens with one attached hydrogen (secondary N) is 1. The number of amides is 1. The number of ether oxygens (including phenoxy) is 1. The van der Waals surface area contributed by atoms with E-state index in [-0.39, 0.29) is 10.7 Å². The highest BCUT2D eigenvalue weighted by atomic mass is 79.9. The number of methoxy groups -OCH3 is 1. The highest BCUT2D eigenvalue weighted by molar-refractivity contribution is 9.09. The molecule has 0 heterocycles. The lowest BCUT2D eigenvalue weighted by molar-refractivity contribution is 0.0952. The summed E-state index contributed by atoms with van der Waals surface area (Å²) in [5.74, 6) is -0.163.